The molecule has 0 atom stereocenters. The van der Waals surface area contributed by atoms with E-state index < -0.39 is 0 Å². The quantitative estimate of drug-likeness (QED) is 0.748. The summed E-state index contributed by atoms with van der Waals surface area (Å²) in [7, 11) is 0. The Hall–Kier alpha value is -2.55. The molecule has 0 saturated carbocycles. The van der Waals surface area contributed by atoms with Gasteiger partial charge in [0.15, 0.2) is 0 Å². The zero-order valence-corrected chi connectivity index (χ0v) is 11.3. The van der Waals surface area contributed by atoms with Crippen molar-refractivity contribution in [3.8, 4) is 0 Å². The van der Waals surface area contributed by atoms with Gasteiger partial charge in [0.05, 0.1) is 11.1 Å². The number of carbonyl (C=O) groups is 1. The Morgan fingerprint density at radius 3 is 2.85 bits per heavy atom. The molecule has 1 heterocycles. The van der Waals surface area contributed by atoms with Gasteiger partial charge in [0.25, 0.3) is 5.91 Å². The standard InChI is InChI=1S/C17H16N2O/c1-12-4-2-5-13(10-12)11-19-17(20)15-7-3-6-14-8-9-18-16(14)15/h2-10,18H,11H2,1H3,(H,19,20). The number of nitrogens with one attached hydrogen (secondary N) is 2. The summed E-state index contributed by atoms with van der Waals surface area (Å²) < 4.78 is 0. The second kappa shape index (κ2) is 5.21. The molecule has 0 saturated heterocycles. The van der Waals surface area contributed by atoms with E-state index in [9.17, 15) is 4.79 Å². The molecule has 2 N–H and O–H groups in total. The van der Waals surface area contributed by atoms with Crippen LogP contribution in [0.2, 0.25) is 0 Å². The second-order valence-corrected chi connectivity index (χ2v) is 4.92. The third-order valence-corrected chi connectivity index (χ3v) is 3.37. The molecule has 1 aromatic heterocycles. The highest BCUT2D eigenvalue weighted by Crippen LogP contribution is 2.16. The smallest absolute Gasteiger partial charge is 0.253 e. The molecule has 100 valence electrons. The van der Waals surface area contributed by atoms with Crippen LogP contribution in [0.5, 0.6) is 0 Å². The van der Waals surface area contributed by atoms with Gasteiger partial charge in [0, 0.05) is 18.1 Å². The number of aryl methyl sites for hydroxylation is 1. The average Bonchev–Trinajstić information content (AvgIpc) is 2.93. The summed E-state index contributed by atoms with van der Waals surface area (Å²) in [6.07, 6.45) is 1.85. The Kier molecular flexibility index (Phi) is 3.25. The number of rotatable bonds is 3. The van der Waals surface area contributed by atoms with Crippen molar-refractivity contribution in [2.45, 2.75) is 13.5 Å². The van der Waals surface area contributed by atoms with Gasteiger partial charge in [-0.2, -0.15) is 0 Å². The molecular formula is C17H16N2O. The van der Waals surface area contributed by atoms with Gasteiger partial charge in [-0.05, 0) is 24.6 Å². The number of para-hydroxylation sites is 1. The SMILES string of the molecule is Cc1cccc(CNC(=O)c2cccc3cc[nH]c23)c1. The molecule has 0 unspecified atom stereocenters. The summed E-state index contributed by atoms with van der Waals surface area (Å²) in [6.45, 7) is 2.59. The van der Waals surface area contributed by atoms with Crippen molar-refractivity contribution in [3.63, 3.8) is 0 Å². The highest BCUT2D eigenvalue weighted by molar-refractivity contribution is 6.05. The Labute approximate surface area is 117 Å². The van der Waals surface area contributed by atoms with Gasteiger partial charge in [0.1, 0.15) is 0 Å². The van der Waals surface area contributed by atoms with Crippen molar-refractivity contribution in [1.82, 2.24) is 10.3 Å². The number of amides is 1. The number of aromatic amines is 1. The van der Waals surface area contributed by atoms with E-state index in [0.717, 1.165) is 16.5 Å². The Bertz CT molecular complexity index is 758. The number of fused-ring (bicyclic) bond motifs is 1. The van der Waals surface area contributed by atoms with Crippen LogP contribution in [0.15, 0.2) is 54.7 Å². The van der Waals surface area contributed by atoms with Crippen molar-refractivity contribution < 1.29 is 4.79 Å². The number of carbonyl (C=O) groups excluding carboxylic acids is 1. The fraction of sp³-hybridized carbons (Fsp3) is 0.118. The Balaban J connectivity index is 1.78. The molecule has 3 rings (SSSR count). The Morgan fingerprint density at radius 1 is 1.15 bits per heavy atom. The minimum atomic E-state index is -0.0560. The van der Waals surface area contributed by atoms with Crippen molar-refractivity contribution in [1.29, 1.82) is 0 Å². The topological polar surface area (TPSA) is 44.9 Å². The Morgan fingerprint density at radius 2 is 2.00 bits per heavy atom. The average molecular weight is 264 g/mol. The maximum atomic E-state index is 12.3. The fourth-order valence-corrected chi connectivity index (χ4v) is 2.37. The van der Waals surface area contributed by atoms with Crippen LogP contribution in [-0.2, 0) is 6.54 Å². The highest BCUT2D eigenvalue weighted by Gasteiger charge is 2.10. The first-order valence-corrected chi connectivity index (χ1v) is 6.64. The molecule has 3 nitrogen and oxygen atoms in total. The maximum absolute atomic E-state index is 12.3. The predicted octanol–water partition coefficient (Wildman–Crippen LogP) is 3.41. The molecule has 0 aliphatic heterocycles. The fourth-order valence-electron chi connectivity index (χ4n) is 2.37. The van der Waals surface area contributed by atoms with Crippen molar-refractivity contribution in [2.24, 2.45) is 0 Å². The van der Waals surface area contributed by atoms with Crippen LogP contribution in [0.1, 0.15) is 21.5 Å². The largest absolute Gasteiger partial charge is 0.361 e. The molecule has 20 heavy (non-hydrogen) atoms. The van der Waals surface area contributed by atoms with Gasteiger partial charge in [-0.15, -0.1) is 0 Å². The lowest BCUT2D eigenvalue weighted by atomic mass is 10.1. The van der Waals surface area contributed by atoms with Crippen LogP contribution in [-0.4, -0.2) is 10.9 Å². The normalized spacial score (nSPS) is 10.7. The summed E-state index contributed by atoms with van der Waals surface area (Å²) in [4.78, 5) is 15.4. The lowest BCUT2D eigenvalue weighted by Gasteiger charge is -2.07. The highest BCUT2D eigenvalue weighted by atomic mass is 16.1. The summed E-state index contributed by atoms with van der Waals surface area (Å²) in [5, 5.41) is 4.01. The van der Waals surface area contributed by atoms with Gasteiger partial charge in [-0.25, -0.2) is 0 Å². The lowest BCUT2D eigenvalue weighted by molar-refractivity contribution is 0.0952. The van der Waals surface area contributed by atoms with E-state index in [0.29, 0.717) is 12.1 Å². The van der Waals surface area contributed by atoms with Crippen LogP contribution in [0, 0.1) is 6.92 Å². The van der Waals surface area contributed by atoms with Crippen molar-refractivity contribution in [2.75, 3.05) is 0 Å². The van der Waals surface area contributed by atoms with Crippen molar-refractivity contribution in [3.05, 3.63) is 71.4 Å². The molecule has 0 aliphatic rings. The van der Waals surface area contributed by atoms with Gasteiger partial charge in [-0.1, -0.05) is 42.0 Å². The predicted molar refractivity (Wildman–Crippen MR) is 80.6 cm³/mol. The van der Waals surface area contributed by atoms with Crippen LogP contribution in [0.3, 0.4) is 0 Å². The number of benzene rings is 2. The van der Waals surface area contributed by atoms with Crippen molar-refractivity contribution >= 4 is 16.8 Å². The number of H-pyrrole nitrogens is 1. The monoisotopic (exact) mass is 264 g/mol. The first kappa shape index (κ1) is 12.5. The number of aromatic nitrogens is 1. The minimum Gasteiger partial charge on any atom is -0.361 e. The third-order valence-electron chi connectivity index (χ3n) is 3.37. The van der Waals surface area contributed by atoms with E-state index >= 15 is 0 Å². The van der Waals surface area contributed by atoms with E-state index in [1.807, 2.05) is 55.6 Å². The molecule has 0 fully saturated rings. The number of hydrogen-bond donors (Lipinski definition) is 2. The molecule has 0 radical (unpaired) electrons. The first-order chi connectivity index (χ1) is 9.74. The van der Waals surface area contributed by atoms with Gasteiger partial charge < -0.3 is 10.3 Å². The van der Waals surface area contributed by atoms with E-state index in [2.05, 4.69) is 16.4 Å². The zero-order valence-electron chi connectivity index (χ0n) is 11.3. The van der Waals surface area contributed by atoms with E-state index in [1.165, 1.54) is 5.56 Å². The molecule has 0 bridgehead atoms. The summed E-state index contributed by atoms with van der Waals surface area (Å²) in [5.74, 6) is -0.0560. The molecule has 0 aliphatic carbocycles. The molecule has 2 aromatic carbocycles. The van der Waals surface area contributed by atoms with E-state index in [4.69, 9.17) is 0 Å². The van der Waals surface area contributed by atoms with E-state index in [-0.39, 0.29) is 5.91 Å². The van der Waals surface area contributed by atoms with Gasteiger partial charge in [0.2, 0.25) is 0 Å². The molecule has 3 aromatic rings. The van der Waals surface area contributed by atoms with Gasteiger partial charge >= 0.3 is 0 Å². The van der Waals surface area contributed by atoms with E-state index in [1.54, 1.807) is 0 Å². The minimum absolute atomic E-state index is 0.0560. The maximum Gasteiger partial charge on any atom is 0.253 e. The third kappa shape index (κ3) is 2.43. The van der Waals surface area contributed by atoms with Crippen LogP contribution < -0.4 is 5.32 Å². The first-order valence-electron chi connectivity index (χ1n) is 6.64. The summed E-state index contributed by atoms with van der Waals surface area (Å²) in [6, 6.07) is 15.8. The summed E-state index contributed by atoms with van der Waals surface area (Å²) >= 11 is 0. The molecule has 3 heteroatoms. The molecule has 1 amide bonds. The molecule has 0 spiro atoms. The molecular weight excluding hydrogens is 248 g/mol. The van der Waals surface area contributed by atoms with Crippen LogP contribution >= 0.6 is 0 Å². The summed E-state index contributed by atoms with van der Waals surface area (Å²) in [5.41, 5.74) is 3.87. The van der Waals surface area contributed by atoms with Gasteiger partial charge in [-0.3, -0.25) is 4.79 Å². The number of hydrogen-bond acceptors (Lipinski definition) is 1. The lowest BCUT2D eigenvalue weighted by Crippen LogP contribution is -2.23. The van der Waals surface area contributed by atoms with Crippen LogP contribution in [0.25, 0.3) is 10.9 Å². The zero-order chi connectivity index (χ0) is 13.9. The second-order valence-electron chi connectivity index (χ2n) is 4.92. The van der Waals surface area contributed by atoms with Crippen LogP contribution in [0.4, 0.5) is 0 Å².